The monoisotopic (exact) mass is 482 g/mol. The Labute approximate surface area is 199 Å². The van der Waals surface area contributed by atoms with Crippen LogP contribution in [0, 0.1) is 29.4 Å². The topological polar surface area (TPSA) is 0 Å². The van der Waals surface area contributed by atoms with Crippen molar-refractivity contribution in [2.75, 3.05) is 0 Å². The summed E-state index contributed by atoms with van der Waals surface area (Å²) in [5.74, 6) is -0.838. The van der Waals surface area contributed by atoms with Crippen LogP contribution in [0.15, 0.2) is 18.5 Å². The molecule has 1 saturated carbocycles. The molecule has 1 aliphatic carbocycles. The molecular weight excluding hydrogens is 440 g/mol. The van der Waals surface area contributed by atoms with Crippen molar-refractivity contribution in [1.82, 2.24) is 0 Å². The lowest BCUT2D eigenvalue weighted by Crippen LogP contribution is -2.28. The molecule has 0 atom stereocenters. The van der Waals surface area contributed by atoms with Gasteiger partial charge in [0.25, 0.3) is 0 Å². The van der Waals surface area contributed by atoms with E-state index in [9.17, 15) is 17.6 Å². The smallest absolute Gasteiger partial charge is 0.164 e. The van der Waals surface area contributed by atoms with Gasteiger partial charge in [-0.05, 0) is 61.1 Å². The third-order valence-electron chi connectivity index (χ3n) is 8.43. The molecule has 1 heterocycles. The Balaban J connectivity index is 1.32. The van der Waals surface area contributed by atoms with E-state index in [0.717, 1.165) is 42.7 Å². The Morgan fingerprint density at radius 1 is 0.909 bits per heavy atom. The highest BCUT2D eigenvalue weighted by molar-refractivity contribution is 6.58. The minimum absolute atomic E-state index is 0.406. The summed E-state index contributed by atoms with van der Waals surface area (Å²) in [7, 11) is -0.410. The van der Waals surface area contributed by atoms with Gasteiger partial charge in [-0.2, -0.15) is 0 Å². The fourth-order valence-corrected chi connectivity index (χ4v) is 9.93. The normalized spacial score (nSPS) is 26.5. The lowest BCUT2D eigenvalue weighted by atomic mass is 9.73. The first-order valence-electron chi connectivity index (χ1n) is 13.5. The van der Waals surface area contributed by atoms with Gasteiger partial charge < -0.3 is 0 Å². The van der Waals surface area contributed by atoms with E-state index in [1.807, 2.05) is 0 Å². The summed E-state index contributed by atoms with van der Waals surface area (Å²) in [4.78, 5) is 0. The number of rotatable bonds is 11. The molecule has 5 heteroatoms. The number of unbranched alkanes of at least 4 members (excludes halogenated alkanes) is 3. The van der Waals surface area contributed by atoms with Crippen molar-refractivity contribution in [1.29, 1.82) is 0 Å². The van der Waals surface area contributed by atoms with Crippen LogP contribution in [0.2, 0.25) is 18.1 Å². The SMILES string of the molecule is CCCCC[SiH]1CCC([C@H]2CC[C@H](CCCCc3cc(F)c(/C(F)=C/F)c(F)c3)CC2)CC1. The van der Waals surface area contributed by atoms with Crippen LogP contribution < -0.4 is 0 Å². The molecular formula is C28H42F4Si. The summed E-state index contributed by atoms with van der Waals surface area (Å²) >= 11 is 0. The predicted octanol–water partition coefficient (Wildman–Crippen LogP) is 9.55. The van der Waals surface area contributed by atoms with Crippen LogP contribution >= 0.6 is 0 Å². The molecule has 0 radical (unpaired) electrons. The molecule has 1 aromatic carbocycles. The maximum atomic E-state index is 13.9. The number of hydrogen-bond donors (Lipinski definition) is 0. The second-order valence-electron chi connectivity index (χ2n) is 10.7. The zero-order valence-corrected chi connectivity index (χ0v) is 21.5. The second-order valence-corrected chi connectivity index (χ2v) is 14.2. The highest BCUT2D eigenvalue weighted by Crippen LogP contribution is 2.42. The van der Waals surface area contributed by atoms with Crippen molar-refractivity contribution in [3.8, 4) is 0 Å². The zero-order valence-electron chi connectivity index (χ0n) is 20.4. The largest absolute Gasteiger partial charge is 0.212 e. The molecule has 0 unspecified atom stereocenters. The van der Waals surface area contributed by atoms with E-state index in [0.29, 0.717) is 12.0 Å². The minimum atomic E-state index is -1.51. The summed E-state index contributed by atoms with van der Waals surface area (Å²) in [5, 5.41) is 0. The first kappa shape index (κ1) is 26.5. The van der Waals surface area contributed by atoms with Gasteiger partial charge in [0.1, 0.15) is 18.0 Å². The summed E-state index contributed by atoms with van der Waals surface area (Å²) in [5.41, 5.74) is -0.400. The van der Waals surface area contributed by atoms with Gasteiger partial charge >= 0.3 is 0 Å². The molecule has 3 rings (SSSR count). The molecule has 33 heavy (non-hydrogen) atoms. The molecule has 2 fully saturated rings. The van der Waals surface area contributed by atoms with Crippen molar-refractivity contribution in [3.05, 3.63) is 41.2 Å². The van der Waals surface area contributed by atoms with E-state index in [-0.39, 0.29) is 0 Å². The average Bonchev–Trinajstić information content (AvgIpc) is 2.82. The molecule has 0 bridgehead atoms. The highest BCUT2D eigenvalue weighted by Gasteiger charge is 2.31. The Morgan fingerprint density at radius 2 is 1.55 bits per heavy atom. The van der Waals surface area contributed by atoms with Crippen LogP contribution in [-0.4, -0.2) is 8.80 Å². The number of halogens is 4. The fourth-order valence-electron chi connectivity index (χ4n) is 6.39. The number of hydrogen-bond acceptors (Lipinski definition) is 0. The molecule has 0 nitrogen and oxygen atoms in total. The van der Waals surface area contributed by atoms with Crippen molar-refractivity contribution in [2.24, 2.45) is 17.8 Å². The van der Waals surface area contributed by atoms with Crippen LogP contribution in [0.1, 0.15) is 95.1 Å². The maximum absolute atomic E-state index is 13.9. The summed E-state index contributed by atoms with van der Waals surface area (Å²) in [6.45, 7) is 2.30. The quantitative estimate of drug-likeness (QED) is 0.167. The molecule has 1 aromatic rings. The first-order valence-corrected chi connectivity index (χ1v) is 15.9. The highest BCUT2D eigenvalue weighted by atomic mass is 28.3. The van der Waals surface area contributed by atoms with E-state index >= 15 is 0 Å². The van der Waals surface area contributed by atoms with E-state index in [1.54, 1.807) is 18.1 Å². The van der Waals surface area contributed by atoms with Crippen molar-refractivity contribution in [3.63, 3.8) is 0 Å². The summed E-state index contributed by atoms with van der Waals surface area (Å²) < 4.78 is 53.4. The van der Waals surface area contributed by atoms with Gasteiger partial charge in [0, 0.05) is 8.80 Å². The minimum Gasteiger partial charge on any atom is -0.212 e. The van der Waals surface area contributed by atoms with Gasteiger partial charge in [0.2, 0.25) is 0 Å². The second kappa shape index (κ2) is 13.7. The third kappa shape index (κ3) is 7.97. The molecule has 0 amide bonds. The number of aryl methyl sites for hydroxylation is 1. The fraction of sp³-hybridized carbons (Fsp3) is 0.714. The van der Waals surface area contributed by atoms with Crippen LogP contribution in [-0.2, 0) is 6.42 Å². The van der Waals surface area contributed by atoms with Crippen molar-refractivity contribution >= 4 is 14.6 Å². The Hall–Kier alpha value is -1.10. The van der Waals surface area contributed by atoms with Gasteiger partial charge in [0.05, 0.1) is 5.56 Å². The van der Waals surface area contributed by atoms with E-state index in [2.05, 4.69) is 6.92 Å². The van der Waals surface area contributed by atoms with Gasteiger partial charge in [-0.15, -0.1) is 0 Å². The average molecular weight is 483 g/mol. The van der Waals surface area contributed by atoms with Crippen LogP contribution in [0.4, 0.5) is 17.6 Å². The predicted molar refractivity (Wildman–Crippen MR) is 133 cm³/mol. The molecule has 186 valence electrons. The lowest BCUT2D eigenvalue weighted by Gasteiger charge is -2.37. The van der Waals surface area contributed by atoms with E-state index < -0.39 is 38.2 Å². The van der Waals surface area contributed by atoms with Crippen LogP contribution in [0.25, 0.3) is 5.83 Å². The van der Waals surface area contributed by atoms with Crippen molar-refractivity contribution in [2.45, 2.75) is 109 Å². The molecule has 0 aromatic heterocycles. The Kier molecular flexibility index (Phi) is 11.0. The molecule has 0 spiro atoms. The zero-order chi connectivity index (χ0) is 23.6. The van der Waals surface area contributed by atoms with Gasteiger partial charge in [-0.1, -0.05) is 82.8 Å². The van der Waals surface area contributed by atoms with E-state index in [4.69, 9.17) is 0 Å². The third-order valence-corrected chi connectivity index (χ3v) is 12.0. The van der Waals surface area contributed by atoms with Gasteiger partial charge in [0.15, 0.2) is 5.83 Å². The van der Waals surface area contributed by atoms with Crippen molar-refractivity contribution < 1.29 is 17.6 Å². The lowest BCUT2D eigenvalue weighted by molar-refractivity contribution is 0.184. The number of benzene rings is 1. The maximum Gasteiger partial charge on any atom is 0.164 e. The van der Waals surface area contributed by atoms with Gasteiger partial charge in [-0.25, -0.2) is 17.6 Å². The first-order chi connectivity index (χ1) is 16.0. The Morgan fingerprint density at radius 3 is 2.15 bits per heavy atom. The van der Waals surface area contributed by atoms with Crippen LogP contribution in [0.3, 0.4) is 0 Å². The molecule has 2 aliphatic rings. The van der Waals surface area contributed by atoms with Gasteiger partial charge in [-0.3, -0.25) is 0 Å². The summed E-state index contributed by atoms with van der Waals surface area (Å²) in [6.07, 6.45) is 16.0. The van der Waals surface area contributed by atoms with Crippen LogP contribution in [0.5, 0.6) is 0 Å². The summed E-state index contributed by atoms with van der Waals surface area (Å²) in [6, 6.07) is 7.03. The molecule has 0 N–H and O–H groups in total. The standard InChI is InChI=1S/C28H42F4Si/c1-2-3-6-15-33-16-13-24(14-17-33)23-11-9-21(10-12-23)7-4-5-8-22-18-25(30)28(26(31)19-22)27(32)20-29/h18-21,23-24,33H,2-17H2,1H3/b27-20-/t21-,23-,24?,33?. The molecule has 1 aliphatic heterocycles. The molecule has 1 saturated heterocycles. The Bertz CT molecular complexity index is 723. The van der Waals surface area contributed by atoms with E-state index in [1.165, 1.54) is 64.2 Å².